The summed E-state index contributed by atoms with van der Waals surface area (Å²) in [5.41, 5.74) is 6.84. The van der Waals surface area contributed by atoms with Gasteiger partial charge in [0.2, 0.25) is 0 Å². The minimum Gasteiger partial charge on any atom is -0.497 e. The van der Waals surface area contributed by atoms with Crippen molar-refractivity contribution in [2.24, 2.45) is 0 Å². The number of hydrogen-bond acceptors (Lipinski definition) is 3. The van der Waals surface area contributed by atoms with Crippen LogP contribution in [0.5, 0.6) is 5.75 Å². The first-order valence-corrected chi connectivity index (χ1v) is 13.6. The van der Waals surface area contributed by atoms with Crippen molar-refractivity contribution in [3.63, 3.8) is 0 Å². The van der Waals surface area contributed by atoms with E-state index in [0.717, 1.165) is 34.0 Å². The molecule has 7 heteroatoms. The third-order valence-corrected chi connectivity index (χ3v) is 7.59. The van der Waals surface area contributed by atoms with Gasteiger partial charge in [-0.25, -0.2) is 9.48 Å². The van der Waals surface area contributed by atoms with E-state index < -0.39 is 0 Å². The Labute approximate surface area is 234 Å². The smallest absolute Gasteiger partial charge is 0.322 e. The highest BCUT2D eigenvalue weighted by Crippen LogP contribution is 2.39. The van der Waals surface area contributed by atoms with Gasteiger partial charge in [-0.15, -0.1) is 0 Å². The third kappa shape index (κ3) is 4.53. The average Bonchev–Trinajstić information content (AvgIpc) is 3.54. The molecule has 40 heavy (non-hydrogen) atoms. The number of nitrogens with one attached hydrogen (secondary N) is 1. The summed E-state index contributed by atoms with van der Waals surface area (Å²) < 4.78 is 9.55. The molecule has 0 bridgehead atoms. The molecule has 2 amide bonds. The molecule has 6 rings (SSSR count). The van der Waals surface area contributed by atoms with E-state index in [1.807, 2.05) is 65.0 Å². The van der Waals surface area contributed by atoms with Gasteiger partial charge in [-0.1, -0.05) is 62.4 Å². The highest BCUT2D eigenvalue weighted by molar-refractivity contribution is 5.90. The van der Waals surface area contributed by atoms with Crippen LogP contribution in [-0.2, 0) is 6.54 Å². The lowest BCUT2D eigenvalue weighted by atomic mass is 9.97. The number of para-hydroxylation sites is 1. The van der Waals surface area contributed by atoms with Gasteiger partial charge in [0.25, 0.3) is 0 Å². The number of ether oxygens (including phenoxy) is 1. The summed E-state index contributed by atoms with van der Waals surface area (Å²) >= 11 is 0. The van der Waals surface area contributed by atoms with Crippen molar-refractivity contribution in [1.29, 1.82) is 0 Å². The quantitative estimate of drug-likeness (QED) is 0.260. The molecule has 0 fully saturated rings. The van der Waals surface area contributed by atoms with Crippen molar-refractivity contribution in [2.45, 2.75) is 39.3 Å². The van der Waals surface area contributed by atoms with Crippen molar-refractivity contribution in [2.75, 3.05) is 12.4 Å². The maximum atomic E-state index is 14.1. The van der Waals surface area contributed by atoms with Gasteiger partial charge < -0.3 is 19.5 Å². The van der Waals surface area contributed by atoms with E-state index in [4.69, 9.17) is 9.84 Å². The Hall–Kier alpha value is -4.78. The highest BCUT2D eigenvalue weighted by atomic mass is 16.5. The molecule has 1 unspecified atom stereocenters. The van der Waals surface area contributed by atoms with Gasteiger partial charge in [-0.05, 0) is 60.4 Å². The van der Waals surface area contributed by atoms with Crippen molar-refractivity contribution in [1.82, 2.24) is 19.2 Å². The molecule has 1 aliphatic heterocycles. The van der Waals surface area contributed by atoms with Gasteiger partial charge in [0, 0.05) is 23.5 Å². The number of amides is 2. The number of benzene rings is 3. The Kier molecular flexibility index (Phi) is 6.64. The normalized spacial score (nSPS) is 14.4. The zero-order chi connectivity index (χ0) is 27.8. The van der Waals surface area contributed by atoms with Crippen LogP contribution in [0.1, 0.15) is 53.9 Å². The number of methoxy groups -OCH3 is 1. The van der Waals surface area contributed by atoms with Crippen LogP contribution < -0.4 is 10.1 Å². The molecule has 1 aliphatic rings. The van der Waals surface area contributed by atoms with Gasteiger partial charge in [-0.3, -0.25) is 0 Å². The largest absolute Gasteiger partial charge is 0.497 e. The molecule has 7 nitrogen and oxygen atoms in total. The first-order chi connectivity index (χ1) is 19.4. The molecule has 3 aromatic carbocycles. The molecule has 0 spiro atoms. The number of carbonyl (C=O) groups excluding carboxylic acids is 1. The van der Waals surface area contributed by atoms with Crippen molar-refractivity contribution < 1.29 is 9.53 Å². The number of rotatable bonds is 5. The number of carbonyl (C=O) groups is 1. The Morgan fingerprint density at radius 1 is 0.975 bits per heavy atom. The SMILES string of the molecule is COc1cccc(NC(=O)N2Cc3c(C)nn(-c4ccccc4)c3-n3cccc3C2c2ccc(C(C)C)cc2)c1. The standard InChI is InChI=1S/C33H33N5O2/c1-22(2)24-15-17-25(18-16-24)31-30-14-9-19-36(30)32-29(23(3)35-38(32)27-11-6-5-7-12-27)21-37(31)33(39)34-26-10-8-13-28(20-26)40-4/h5-20,22,31H,21H2,1-4H3,(H,34,39). The van der Waals surface area contributed by atoms with Gasteiger partial charge in [0.05, 0.1) is 36.8 Å². The lowest BCUT2D eigenvalue weighted by Crippen LogP contribution is -2.38. The van der Waals surface area contributed by atoms with Gasteiger partial charge >= 0.3 is 6.03 Å². The number of nitrogens with zero attached hydrogens (tertiary/aromatic N) is 4. The van der Waals surface area contributed by atoms with E-state index in [1.54, 1.807) is 7.11 Å². The minimum absolute atomic E-state index is 0.196. The highest BCUT2D eigenvalue weighted by Gasteiger charge is 2.36. The zero-order valence-corrected chi connectivity index (χ0v) is 23.2. The first kappa shape index (κ1) is 25.5. The molecule has 5 aromatic rings. The van der Waals surface area contributed by atoms with E-state index in [0.29, 0.717) is 23.9 Å². The average molecular weight is 532 g/mol. The van der Waals surface area contributed by atoms with Gasteiger partial charge in [0.1, 0.15) is 11.6 Å². The second-order valence-electron chi connectivity index (χ2n) is 10.5. The summed E-state index contributed by atoms with van der Waals surface area (Å²) in [6, 6.07) is 29.8. The molecule has 0 aliphatic carbocycles. The summed E-state index contributed by atoms with van der Waals surface area (Å²) in [4.78, 5) is 16.1. The van der Waals surface area contributed by atoms with Crippen LogP contribution in [-0.4, -0.2) is 32.4 Å². The fourth-order valence-corrected chi connectivity index (χ4v) is 5.46. The lowest BCUT2D eigenvalue weighted by molar-refractivity contribution is 0.194. The molecular weight excluding hydrogens is 498 g/mol. The van der Waals surface area contributed by atoms with E-state index in [9.17, 15) is 4.79 Å². The number of aryl methyl sites for hydroxylation is 1. The number of aromatic nitrogens is 3. The predicted molar refractivity (Wildman–Crippen MR) is 158 cm³/mol. The van der Waals surface area contributed by atoms with Crippen LogP contribution in [0.2, 0.25) is 0 Å². The fourth-order valence-electron chi connectivity index (χ4n) is 5.46. The molecule has 0 saturated carbocycles. The summed E-state index contributed by atoms with van der Waals surface area (Å²) in [5, 5.41) is 8.06. The Balaban J connectivity index is 1.51. The Bertz CT molecular complexity index is 1650. The Morgan fingerprint density at radius 2 is 1.75 bits per heavy atom. The van der Waals surface area contributed by atoms with Gasteiger partial charge in [0.15, 0.2) is 0 Å². The number of fused-ring (bicyclic) bond motifs is 3. The molecule has 3 heterocycles. The van der Waals surface area contributed by atoms with Gasteiger partial charge in [-0.2, -0.15) is 5.10 Å². The van der Waals surface area contributed by atoms with E-state index >= 15 is 0 Å². The second kappa shape index (κ2) is 10.4. The van der Waals surface area contributed by atoms with E-state index in [2.05, 4.69) is 72.4 Å². The predicted octanol–water partition coefficient (Wildman–Crippen LogP) is 7.24. The van der Waals surface area contributed by atoms with Crippen LogP contribution in [0.4, 0.5) is 10.5 Å². The summed E-state index contributed by atoms with van der Waals surface area (Å²) in [6.07, 6.45) is 2.06. The molecule has 2 aromatic heterocycles. The number of anilines is 1. The van der Waals surface area contributed by atoms with Crippen LogP contribution in [0, 0.1) is 6.92 Å². The molecule has 0 saturated heterocycles. The van der Waals surface area contributed by atoms with E-state index in [-0.39, 0.29) is 12.1 Å². The molecule has 1 N–H and O–H groups in total. The fraction of sp³-hybridized carbons (Fsp3) is 0.212. The maximum absolute atomic E-state index is 14.1. The summed E-state index contributed by atoms with van der Waals surface area (Å²) in [5.74, 6) is 2.05. The molecule has 0 radical (unpaired) electrons. The van der Waals surface area contributed by atoms with Crippen LogP contribution in [0.15, 0.2) is 97.2 Å². The van der Waals surface area contributed by atoms with Crippen LogP contribution in [0.3, 0.4) is 0 Å². The number of urea groups is 1. The molecular formula is C33H33N5O2. The maximum Gasteiger partial charge on any atom is 0.322 e. The lowest BCUT2D eigenvalue weighted by Gasteiger charge is -2.31. The van der Waals surface area contributed by atoms with Crippen molar-refractivity contribution in [3.8, 4) is 17.3 Å². The van der Waals surface area contributed by atoms with E-state index in [1.165, 1.54) is 5.56 Å². The first-order valence-electron chi connectivity index (χ1n) is 13.6. The van der Waals surface area contributed by atoms with Crippen molar-refractivity contribution >= 4 is 11.7 Å². The van der Waals surface area contributed by atoms with Crippen LogP contribution in [0.25, 0.3) is 11.5 Å². The third-order valence-electron chi connectivity index (χ3n) is 7.59. The second-order valence-corrected chi connectivity index (χ2v) is 10.5. The summed E-state index contributed by atoms with van der Waals surface area (Å²) in [6.45, 7) is 6.78. The summed E-state index contributed by atoms with van der Waals surface area (Å²) in [7, 11) is 1.62. The van der Waals surface area contributed by atoms with Crippen LogP contribution >= 0.6 is 0 Å². The topological polar surface area (TPSA) is 64.3 Å². The molecule has 1 atom stereocenters. The number of hydrogen-bond donors (Lipinski definition) is 1. The van der Waals surface area contributed by atoms with Crippen molar-refractivity contribution in [3.05, 3.63) is 125 Å². The minimum atomic E-state index is -0.321. The zero-order valence-electron chi connectivity index (χ0n) is 23.2. The molecule has 202 valence electrons. The Morgan fingerprint density at radius 3 is 2.48 bits per heavy atom. The monoisotopic (exact) mass is 531 g/mol.